The van der Waals surface area contributed by atoms with Crippen LogP contribution in [-0.2, 0) is 16.1 Å². The van der Waals surface area contributed by atoms with Gasteiger partial charge < -0.3 is 14.8 Å². The van der Waals surface area contributed by atoms with Crippen LogP contribution in [0.1, 0.15) is 32.0 Å². The van der Waals surface area contributed by atoms with Gasteiger partial charge in [0.1, 0.15) is 17.5 Å². The smallest absolute Gasteiger partial charge is 0.157 e. The molecule has 1 saturated heterocycles. The number of nitrogens with zero attached hydrogens (tertiary/aromatic N) is 2. The van der Waals surface area contributed by atoms with Crippen molar-refractivity contribution in [2.75, 3.05) is 31.3 Å². The van der Waals surface area contributed by atoms with Crippen LogP contribution in [-0.4, -0.2) is 42.1 Å². The fourth-order valence-corrected chi connectivity index (χ4v) is 3.02. The van der Waals surface area contributed by atoms with Crippen LogP contribution >= 0.6 is 11.8 Å². The number of rotatable bonds is 8. The molecule has 0 bridgehead atoms. The van der Waals surface area contributed by atoms with Gasteiger partial charge in [0.05, 0.1) is 6.10 Å². The van der Waals surface area contributed by atoms with E-state index in [1.165, 1.54) is 6.42 Å². The van der Waals surface area contributed by atoms with Crippen LogP contribution in [0.5, 0.6) is 0 Å². The maximum Gasteiger partial charge on any atom is 0.157 e. The minimum Gasteiger partial charge on any atom is -0.377 e. The van der Waals surface area contributed by atoms with Gasteiger partial charge in [0, 0.05) is 32.1 Å². The van der Waals surface area contributed by atoms with Gasteiger partial charge in [-0.2, -0.15) is 0 Å². The van der Waals surface area contributed by atoms with Crippen LogP contribution in [0.4, 0.5) is 5.82 Å². The summed E-state index contributed by atoms with van der Waals surface area (Å²) < 4.78 is 10.8. The van der Waals surface area contributed by atoms with Crippen molar-refractivity contribution in [2.45, 2.75) is 43.9 Å². The lowest BCUT2D eigenvalue weighted by atomic mass is 10.3. The molecule has 0 spiro atoms. The Balaban J connectivity index is 1.98. The number of aromatic nitrogens is 2. The van der Waals surface area contributed by atoms with Gasteiger partial charge in [-0.3, -0.25) is 0 Å². The SMILES string of the molecule is CCCNc1cc(SCC2CCCO2)nc(COC)n1. The fourth-order valence-electron chi connectivity index (χ4n) is 2.04. The standard InChI is InChI=1S/C14H23N3O2S/c1-3-6-15-12-8-14(17-13(16-12)9-18-2)20-10-11-5-4-7-19-11/h8,11H,3-7,9-10H2,1-2H3,(H,15,16,17). The van der Waals surface area contributed by atoms with Crippen molar-refractivity contribution in [2.24, 2.45) is 0 Å². The van der Waals surface area contributed by atoms with Gasteiger partial charge in [-0.05, 0) is 19.3 Å². The van der Waals surface area contributed by atoms with E-state index in [0.717, 1.165) is 48.4 Å². The van der Waals surface area contributed by atoms with Crippen LogP contribution in [0.15, 0.2) is 11.1 Å². The lowest BCUT2D eigenvalue weighted by Gasteiger charge is -2.11. The highest BCUT2D eigenvalue weighted by Gasteiger charge is 2.16. The molecule has 1 atom stereocenters. The molecule has 0 aromatic carbocycles. The first kappa shape index (κ1) is 15.5. The monoisotopic (exact) mass is 297 g/mol. The molecule has 20 heavy (non-hydrogen) atoms. The topological polar surface area (TPSA) is 56.3 Å². The number of thioether (sulfide) groups is 1. The zero-order chi connectivity index (χ0) is 14.2. The van der Waals surface area contributed by atoms with E-state index in [4.69, 9.17) is 9.47 Å². The summed E-state index contributed by atoms with van der Waals surface area (Å²) in [5.74, 6) is 2.56. The Morgan fingerprint density at radius 3 is 3.10 bits per heavy atom. The molecule has 2 heterocycles. The molecule has 6 heteroatoms. The highest BCUT2D eigenvalue weighted by atomic mass is 32.2. The summed E-state index contributed by atoms with van der Waals surface area (Å²) in [5.41, 5.74) is 0. The van der Waals surface area contributed by atoms with E-state index in [-0.39, 0.29) is 0 Å². The Labute approximate surface area is 124 Å². The van der Waals surface area contributed by atoms with Gasteiger partial charge >= 0.3 is 0 Å². The van der Waals surface area contributed by atoms with Crippen molar-refractivity contribution in [3.05, 3.63) is 11.9 Å². The number of anilines is 1. The van der Waals surface area contributed by atoms with Crippen molar-refractivity contribution < 1.29 is 9.47 Å². The molecule has 1 aliphatic rings. The summed E-state index contributed by atoms with van der Waals surface area (Å²) in [4.78, 5) is 8.97. The Kier molecular flexibility index (Phi) is 6.56. The molecule has 0 aliphatic carbocycles. The van der Waals surface area contributed by atoms with Gasteiger partial charge in [0.2, 0.25) is 0 Å². The maximum atomic E-state index is 5.64. The first-order valence-corrected chi connectivity index (χ1v) is 8.15. The average molecular weight is 297 g/mol. The molecule has 0 saturated carbocycles. The third-order valence-electron chi connectivity index (χ3n) is 3.02. The largest absolute Gasteiger partial charge is 0.377 e. The van der Waals surface area contributed by atoms with Crippen LogP contribution in [0.3, 0.4) is 0 Å². The molecular formula is C14H23N3O2S. The number of methoxy groups -OCH3 is 1. The van der Waals surface area contributed by atoms with E-state index < -0.39 is 0 Å². The minimum absolute atomic E-state index is 0.368. The molecule has 0 amide bonds. The number of hydrogen-bond acceptors (Lipinski definition) is 6. The molecule has 1 aromatic heterocycles. The second-order valence-electron chi connectivity index (χ2n) is 4.81. The fraction of sp³-hybridized carbons (Fsp3) is 0.714. The second-order valence-corrected chi connectivity index (χ2v) is 5.85. The maximum absolute atomic E-state index is 5.64. The lowest BCUT2D eigenvalue weighted by molar-refractivity contribution is 0.129. The van der Waals surface area contributed by atoms with Crippen molar-refractivity contribution in [3.63, 3.8) is 0 Å². The lowest BCUT2D eigenvalue weighted by Crippen LogP contribution is -2.09. The van der Waals surface area contributed by atoms with Crippen LogP contribution in [0.25, 0.3) is 0 Å². The molecule has 1 unspecified atom stereocenters. The van der Waals surface area contributed by atoms with Crippen molar-refractivity contribution in [1.82, 2.24) is 9.97 Å². The third-order valence-corrected chi connectivity index (χ3v) is 4.06. The van der Waals surface area contributed by atoms with E-state index in [1.54, 1.807) is 18.9 Å². The summed E-state index contributed by atoms with van der Waals surface area (Å²) in [6.45, 7) is 4.39. The van der Waals surface area contributed by atoms with Crippen molar-refractivity contribution in [1.29, 1.82) is 0 Å². The Morgan fingerprint density at radius 1 is 1.50 bits per heavy atom. The zero-order valence-electron chi connectivity index (χ0n) is 12.2. The zero-order valence-corrected chi connectivity index (χ0v) is 13.0. The molecule has 1 aromatic rings. The average Bonchev–Trinajstić information content (AvgIpc) is 2.96. The molecular weight excluding hydrogens is 274 g/mol. The highest BCUT2D eigenvalue weighted by Crippen LogP contribution is 2.24. The van der Waals surface area contributed by atoms with Gasteiger partial charge in [0.15, 0.2) is 5.82 Å². The van der Waals surface area contributed by atoms with Crippen molar-refractivity contribution in [3.8, 4) is 0 Å². The van der Waals surface area contributed by atoms with E-state index in [9.17, 15) is 0 Å². The molecule has 1 fully saturated rings. The van der Waals surface area contributed by atoms with Crippen LogP contribution in [0.2, 0.25) is 0 Å². The summed E-state index contributed by atoms with van der Waals surface area (Å²) in [5, 5.41) is 4.30. The first-order chi connectivity index (χ1) is 9.81. The number of hydrogen-bond donors (Lipinski definition) is 1. The van der Waals surface area contributed by atoms with E-state index >= 15 is 0 Å². The van der Waals surface area contributed by atoms with Crippen LogP contribution in [0, 0.1) is 0 Å². The summed E-state index contributed by atoms with van der Waals surface area (Å²) in [6, 6.07) is 2.01. The first-order valence-electron chi connectivity index (χ1n) is 7.17. The predicted octanol–water partition coefficient (Wildman–Crippen LogP) is 2.72. The number of ether oxygens (including phenoxy) is 2. The quantitative estimate of drug-likeness (QED) is 0.588. The van der Waals surface area contributed by atoms with Gasteiger partial charge in [0.25, 0.3) is 0 Å². The Hall–Kier alpha value is -0.850. The molecule has 1 aliphatic heterocycles. The van der Waals surface area contributed by atoms with Crippen LogP contribution < -0.4 is 5.32 Å². The van der Waals surface area contributed by atoms with Gasteiger partial charge in [-0.25, -0.2) is 9.97 Å². The molecule has 0 radical (unpaired) electrons. The third kappa shape index (κ3) is 4.92. The normalized spacial score (nSPS) is 18.4. The Bertz CT molecular complexity index is 411. The summed E-state index contributed by atoms with van der Waals surface area (Å²) in [6.07, 6.45) is 3.77. The summed E-state index contributed by atoms with van der Waals surface area (Å²) in [7, 11) is 1.66. The van der Waals surface area contributed by atoms with Gasteiger partial charge in [-0.1, -0.05) is 6.92 Å². The van der Waals surface area contributed by atoms with E-state index in [0.29, 0.717) is 12.7 Å². The Morgan fingerprint density at radius 2 is 2.40 bits per heavy atom. The van der Waals surface area contributed by atoms with E-state index in [2.05, 4.69) is 22.2 Å². The molecule has 5 nitrogen and oxygen atoms in total. The minimum atomic E-state index is 0.368. The van der Waals surface area contributed by atoms with E-state index in [1.807, 2.05) is 6.07 Å². The van der Waals surface area contributed by atoms with Gasteiger partial charge in [-0.15, -0.1) is 11.8 Å². The second kappa shape index (κ2) is 8.44. The number of nitrogens with one attached hydrogen (secondary N) is 1. The molecule has 1 N–H and O–H groups in total. The highest BCUT2D eigenvalue weighted by molar-refractivity contribution is 7.99. The summed E-state index contributed by atoms with van der Waals surface area (Å²) >= 11 is 1.73. The molecule has 2 rings (SSSR count). The molecule has 112 valence electrons. The van der Waals surface area contributed by atoms with Crippen molar-refractivity contribution >= 4 is 17.6 Å². The predicted molar refractivity (Wildman–Crippen MR) is 81.2 cm³/mol.